The topological polar surface area (TPSA) is 71.4 Å². The predicted octanol–water partition coefficient (Wildman–Crippen LogP) is 3.41. The maximum atomic E-state index is 15.3. The normalized spacial score (nSPS) is 50.1. The highest BCUT2D eigenvalue weighted by molar-refractivity contribution is 6.44. The molecule has 3 unspecified atom stereocenters. The van der Waals surface area contributed by atoms with Crippen LogP contribution >= 0.6 is 11.6 Å². The molecule has 0 aromatic rings. The number of carbonyl (C=O) groups excluding carboxylic acids is 3. The standard InChI is InChI=1S/C22H26ClFO4/c1-10-4-12-11-5-15(24)13-6-16(26)14(23)7-21(13,2)20(11)17(27)8-22(12,3)19(10)18(28)9-25/h6-7,9-12,15,17,19-20,27H,4-5,8H2,1-3H3/t10?,11-,12-,15?,17?,19+,20+,21-,22-/m0/s1. The first-order valence-corrected chi connectivity index (χ1v) is 10.4. The second kappa shape index (κ2) is 6.33. The van der Waals surface area contributed by atoms with Crippen LogP contribution in [0.4, 0.5) is 4.39 Å². The van der Waals surface area contributed by atoms with Crippen LogP contribution in [0.2, 0.25) is 0 Å². The van der Waals surface area contributed by atoms with E-state index in [9.17, 15) is 19.5 Å². The number of aliphatic hydroxyl groups excluding tert-OH is 1. The van der Waals surface area contributed by atoms with Gasteiger partial charge in [0, 0.05) is 17.3 Å². The zero-order valence-electron chi connectivity index (χ0n) is 16.3. The van der Waals surface area contributed by atoms with Crippen molar-refractivity contribution in [2.75, 3.05) is 0 Å². The van der Waals surface area contributed by atoms with E-state index in [4.69, 9.17) is 11.6 Å². The van der Waals surface area contributed by atoms with Crippen molar-refractivity contribution in [1.82, 2.24) is 0 Å². The number of hydrogen-bond acceptors (Lipinski definition) is 4. The van der Waals surface area contributed by atoms with Crippen molar-refractivity contribution in [2.24, 2.45) is 40.4 Å². The lowest BCUT2D eigenvalue weighted by Gasteiger charge is -2.59. The first-order chi connectivity index (χ1) is 13.0. The van der Waals surface area contributed by atoms with Gasteiger partial charge in [-0.1, -0.05) is 38.4 Å². The zero-order valence-corrected chi connectivity index (χ0v) is 17.1. The Bertz CT molecular complexity index is 819. The summed E-state index contributed by atoms with van der Waals surface area (Å²) in [5.74, 6) is -1.64. The summed E-state index contributed by atoms with van der Waals surface area (Å²) in [6, 6.07) is 0. The number of carbonyl (C=O) groups is 3. The van der Waals surface area contributed by atoms with Gasteiger partial charge in [0.15, 0.2) is 17.9 Å². The van der Waals surface area contributed by atoms with Crippen LogP contribution in [0.15, 0.2) is 22.8 Å². The number of aliphatic hydroxyl groups is 1. The minimum absolute atomic E-state index is 0.00789. The van der Waals surface area contributed by atoms with Gasteiger partial charge in [-0.25, -0.2) is 4.39 Å². The molecular weight excluding hydrogens is 383 g/mol. The Balaban J connectivity index is 1.80. The summed E-state index contributed by atoms with van der Waals surface area (Å²) in [5, 5.41) is 11.3. The smallest absolute Gasteiger partial charge is 0.199 e. The van der Waals surface area contributed by atoms with E-state index in [2.05, 4.69) is 0 Å². The quantitative estimate of drug-likeness (QED) is 0.561. The molecule has 0 radical (unpaired) electrons. The van der Waals surface area contributed by atoms with Crippen LogP contribution in [0, 0.1) is 40.4 Å². The minimum atomic E-state index is -1.29. The van der Waals surface area contributed by atoms with Gasteiger partial charge in [0.05, 0.1) is 11.1 Å². The summed E-state index contributed by atoms with van der Waals surface area (Å²) in [5.41, 5.74) is -0.963. The largest absolute Gasteiger partial charge is 0.393 e. The van der Waals surface area contributed by atoms with Crippen molar-refractivity contribution < 1.29 is 23.9 Å². The molecule has 0 aromatic heterocycles. The number of ketones is 2. The number of halogens is 2. The third-order valence-corrected chi connectivity index (χ3v) is 8.59. The van der Waals surface area contributed by atoms with E-state index in [0.717, 1.165) is 6.42 Å². The molecule has 1 N–H and O–H groups in total. The van der Waals surface area contributed by atoms with Crippen molar-refractivity contribution in [2.45, 2.75) is 52.3 Å². The fourth-order valence-electron chi connectivity index (χ4n) is 7.44. The third kappa shape index (κ3) is 2.48. The Kier molecular flexibility index (Phi) is 4.51. The molecule has 4 rings (SSSR count). The van der Waals surface area contributed by atoms with Crippen molar-refractivity contribution in [3.8, 4) is 0 Å². The van der Waals surface area contributed by atoms with Gasteiger partial charge in [0.2, 0.25) is 0 Å². The first-order valence-electron chi connectivity index (χ1n) is 10.0. The van der Waals surface area contributed by atoms with Gasteiger partial charge in [-0.3, -0.25) is 14.4 Å². The van der Waals surface area contributed by atoms with E-state index in [0.29, 0.717) is 18.3 Å². The Morgan fingerprint density at radius 3 is 2.68 bits per heavy atom. The van der Waals surface area contributed by atoms with Crippen LogP contribution in [-0.2, 0) is 14.4 Å². The van der Waals surface area contributed by atoms with Crippen LogP contribution in [0.3, 0.4) is 0 Å². The molecule has 6 heteroatoms. The summed E-state index contributed by atoms with van der Waals surface area (Å²) < 4.78 is 15.3. The third-order valence-electron chi connectivity index (χ3n) is 8.30. The molecule has 0 amide bonds. The van der Waals surface area contributed by atoms with Gasteiger partial charge < -0.3 is 5.11 Å². The SMILES string of the molecule is CC1C[C@H]2[C@@H]3CC(F)C4=CC(=O)C(Cl)=C[C@]4(C)[C@H]3C(O)C[C@]2(C)[C@H]1C(=O)C=O. The molecule has 4 aliphatic carbocycles. The minimum Gasteiger partial charge on any atom is -0.393 e. The van der Waals surface area contributed by atoms with Crippen molar-refractivity contribution >= 4 is 29.5 Å². The fourth-order valence-corrected chi connectivity index (χ4v) is 7.72. The molecule has 9 atom stereocenters. The molecule has 4 aliphatic rings. The maximum Gasteiger partial charge on any atom is 0.199 e. The second-order valence-corrected chi connectivity index (χ2v) is 10.1. The van der Waals surface area contributed by atoms with E-state index >= 15 is 4.39 Å². The summed E-state index contributed by atoms with van der Waals surface area (Å²) in [7, 11) is 0. The summed E-state index contributed by atoms with van der Waals surface area (Å²) in [4.78, 5) is 35.7. The molecule has 3 fully saturated rings. The summed E-state index contributed by atoms with van der Waals surface area (Å²) >= 11 is 6.13. The van der Waals surface area contributed by atoms with Crippen LogP contribution < -0.4 is 0 Å². The molecular formula is C22H26ClFO4. The van der Waals surface area contributed by atoms with E-state index in [1.54, 1.807) is 6.08 Å². The maximum absolute atomic E-state index is 15.3. The van der Waals surface area contributed by atoms with Gasteiger partial charge in [0.25, 0.3) is 0 Å². The number of allylic oxidation sites excluding steroid dienone is 4. The van der Waals surface area contributed by atoms with Gasteiger partial charge >= 0.3 is 0 Å². The second-order valence-electron chi connectivity index (χ2n) is 9.73. The van der Waals surface area contributed by atoms with Crippen LogP contribution in [0.1, 0.15) is 40.0 Å². The van der Waals surface area contributed by atoms with Gasteiger partial charge in [-0.15, -0.1) is 0 Å². The molecule has 0 aliphatic heterocycles. The van der Waals surface area contributed by atoms with Crippen molar-refractivity contribution in [3.05, 3.63) is 22.8 Å². The van der Waals surface area contributed by atoms with Gasteiger partial charge in [0.1, 0.15) is 6.17 Å². The number of Topliss-reactive ketones (excluding diaryl/α,β-unsaturated/α-hetero) is 1. The molecule has 0 spiro atoms. The Morgan fingerprint density at radius 1 is 1.36 bits per heavy atom. The predicted molar refractivity (Wildman–Crippen MR) is 102 cm³/mol. The highest BCUT2D eigenvalue weighted by atomic mass is 35.5. The number of hydrogen-bond donors (Lipinski definition) is 1. The number of fused-ring (bicyclic) bond motifs is 5. The average molecular weight is 409 g/mol. The average Bonchev–Trinajstić information content (AvgIpc) is 2.86. The van der Waals surface area contributed by atoms with E-state index in [1.165, 1.54) is 6.08 Å². The monoisotopic (exact) mass is 408 g/mol. The lowest BCUT2D eigenvalue weighted by atomic mass is 9.46. The molecule has 0 saturated heterocycles. The summed E-state index contributed by atoms with van der Waals surface area (Å²) in [6.45, 7) is 5.80. The first kappa shape index (κ1) is 20.0. The number of alkyl halides is 1. The number of rotatable bonds is 2. The highest BCUT2D eigenvalue weighted by Crippen LogP contribution is 2.67. The van der Waals surface area contributed by atoms with Crippen molar-refractivity contribution in [1.29, 1.82) is 0 Å². The molecule has 28 heavy (non-hydrogen) atoms. The van der Waals surface area contributed by atoms with Crippen LogP contribution in [0.25, 0.3) is 0 Å². The van der Waals surface area contributed by atoms with E-state index in [1.807, 2.05) is 20.8 Å². The molecule has 0 aromatic carbocycles. The van der Waals surface area contributed by atoms with E-state index in [-0.39, 0.29) is 35.1 Å². The number of aldehydes is 1. The van der Waals surface area contributed by atoms with Gasteiger partial charge in [-0.2, -0.15) is 0 Å². The fraction of sp³-hybridized carbons (Fsp3) is 0.682. The molecule has 0 heterocycles. The Hall–Kier alpha value is -1.33. The highest BCUT2D eigenvalue weighted by Gasteiger charge is 2.65. The lowest BCUT2D eigenvalue weighted by Crippen LogP contribution is -2.58. The van der Waals surface area contributed by atoms with Crippen LogP contribution in [-0.4, -0.2) is 35.2 Å². The lowest BCUT2D eigenvalue weighted by molar-refractivity contribution is -0.146. The summed E-state index contributed by atoms with van der Waals surface area (Å²) in [6.07, 6.45) is 2.59. The van der Waals surface area contributed by atoms with E-state index < -0.39 is 40.6 Å². The molecule has 3 saturated carbocycles. The molecule has 152 valence electrons. The van der Waals surface area contributed by atoms with Gasteiger partial charge in [-0.05, 0) is 54.1 Å². The molecule has 0 bridgehead atoms. The molecule has 4 nitrogen and oxygen atoms in total. The zero-order chi connectivity index (χ0) is 20.6. The van der Waals surface area contributed by atoms with Crippen LogP contribution in [0.5, 0.6) is 0 Å². The van der Waals surface area contributed by atoms with Crippen molar-refractivity contribution in [3.63, 3.8) is 0 Å². The Morgan fingerprint density at radius 2 is 2.04 bits per heavy atom. The Labute approximate surface area is 169 Å².